The monoisotopic (exact) mass is 235 g/mol. The standard InChI is InChI=1S/C12H17N3O2/c1-2-9-8-15(6-4-11(9)16)12(17)10-3-5-13-14-7-10/h3,5,7,9,11,16H,2,4,6,8H2,1H3. The van der Waals surface area contributed by atoms with Crippen LogP contribution in [0.4, 0.5) is 0 Å². The van der Waals surface area contributed by atoms with Crippen molar-refractivity contribution >= 4 is 5.91 Å². The predicted octanol–water partition coefficient (Wildman–Crippen LogP) is 0.710. The van der Waals surface area contributed by atoms with Gasteiger partial charge in [0, 0.05) is 19.0 Å². The quantitative estimate of drug-likeness (QED) is 0.819. The van der Waals surface area contributed by atoms with Crippen LogP contribution in [0.25, 0.3) is 0 Å². The number of aliphatic hydroxyl groups excluding tert-OH is 1. The Hall–Kier alpha value is -1.49. The molecule has 1 aliphatic rings. The van der Waals surface area contributed by atoms with Gasteiger partial charge in [-0.05, 0) is 18.9 Å². The largest absolute Gasteiger partial charge is 0.393 e. The molecule has 1 aliphatic heterocycles. The zero-order chi connectivity index (χ0) is 12.3. The van der Waals surface area contributed by atoms with Gasteiger partial charge in [-0.25, -0.2) is 0 Å². The van der Waals surface area contributed by atoms with E-state index in [1.54, 1.807) is 11.0 Å². The summed E-state index contributed by atoms with van der Waals surface area (Å²) in [7, 11) is 0. The van der Waals surface area contributed by atoms with Crippen LogP contribution in [0.5, 0.6) is 0 Å². The molecule has 0 spiro atoms. The van der Waals surface area contributed by atoms with E-state index in [9.17, 15) is 9.90 Å². The van der Waals surface area contributed by atoms with Gasteiger partial charge in [-0.2, -0.15) is 10.2 Å². The van der Waals surface area contributed by atoms with Crippen molar-refractivity contribution in [2.75, 3.05) is 13.1 Å². The molecule has 2 heterocycles. The van der Waals surface area contributed by atoms with E-state index in [2.05, 4.69) is 10.2 Å². The van der Waals surface area contributed by atoms with Gasteiger partial charge in [0.25, 0.3) is 5.91 Å². The molecule has 1 saturated heterocycles. The first-order chi connectivity index (χ1) is 8.22. The lowest BCUT2D eigenvalue weighted by atomic mass is 9.92. The Labute approximate surface area is 100 Å². The first-order valence-electron chi connectivity index (χ1n) is 5.96. The molecule has 0 radical (unpaired) electrons. The van der Waals surface area contributed by atoms with E-state index < -0.39 is 0 Å². The highest BCUT2D eigenvalue weighted by Crippen LogP contribution is 2.21. The van der Waals surface area contributed by atoms with Gasteiger partial charge < -0.3 is 10.0 Å². The maximum absolute atomic E-state index is 12.1. The lowest BCUT2D eigenvalue weighted by Crippen LogP contribution is -2.45. The molecule has 1 amide bonds. The first kappa shape index (κ1) is 12.0. The Bertz CT molecular complexity index is 383. The number of piperidine rings is 1. The lowest BCUT2D eigenvalue weighted by Gasteiger charge is -2.35. The normalized spacial score (nSPS) is 24.7. The number of hydrogen-bond donors (Lipinski definition) is 1. The molecular formula is C12H17N3O2. The molecule has 0 bridgehead atoms. The van der Waals surface area contributed by atoms with Gasteiger partial charge in [-0.15, -0.1) is 0 Å². The molecule has 0 aliphatic carbocycles. The lowest BCUT2D eigenvalue weighted by molar-refractivity contribution is 0.0228. The third-order valence-electron chi connectivity index (χ3n) is 3.34. The summed E-state index contributed by atoms with van der Waals surface area (Å²) < 4.78 is 0. The van der Waals surface area contributed by atoms with Crippen LogP contribution in [0.3, 0.4) is 0 Å². The Morgan fingerprint density at radius 1 is 1.59 bits per heavy atom. The number of likely N-dealkylation sites (tertiary alicyclic amines) is 1. The second kappa shape index (κ2) is 5.23. The maximum Gasteiger partial charge on any atom is 0.255 e. The summed E-state index contributed by atoms with van der Waals surface area (Å²) in [5, 5.41) is 17.1. The molecule has 5 nitrogen and oxygen atoms in total. The van der Waals surface area contributed by atoms with E-state index >= 15 is 0 Å². The molecule has 17 heavy (non-hydrogen) atoms. The van der Waals surface area contributed by atoms with Gasteiger partial charge in [0.05, 0.1) is 24.1 Å². The van der Waals surface area contributed by atoms with Crippen molar-refractivity contribution in [3.63, 3.8) is 0 Å². The summed E-state index contributed by atoms with van der Waals surface area (Å²) in [5.41, 5.74) is 0.561. The van der Waals surface area contributed by atoms with E-state index in [-0.39, 0.29) is 17.9 Å². The molecule has 2 unspecified atom stereocenters. The maximum atomic E-state index is 12.1. The highest BCUT2D eigenvalue weighted by atomic mass is 16.3. The Balaban J connectivity index is 2.06. The molecule has 1 fully saturated rings. The number of aliphatic hydroxyl groups is 1. The fourth-order valence-electron chi connectivity index (χ4n) is 2.21. The van der Waals surface area contributed by atoms with Crippen molar-refractivity contribution in [3.8, 4) is 0 Å². The minimum Gasteiger partial charge on any atom is -0.393 e. The van der Waals surface area contributed by atoms with E-state index in [4.69, 9.17) is 0 Å². The average Bonchev–Trinajstić information content (AvgIpc) is 2.39. The highest BCUT2D eigenvalue weighted by Gasteiger charge is 2.29. The Morgan fingerprint density at radius 2 is 2.41 bits per heavy atom. The smallest absolute Gasteiger partial charge is 0.255 e. The van der Waals surface area contributed by atoms with E-state index in [0.717, 1.165) is 6.42 Å². The number of hydrogen-bond acceptors (Lipinski definition) is 4. The summed E-state index contributed by atoms with van der Waals surface area (Å²) in [4.78, 5) is 13.9. The highest BCUT2D eigenvalue weighted by molar-refractivity contribution is 5.93. The van der Waals surface area contributed by atoms with Crippen LogP contribution in [-0.2, 0) is 0 Å². The molecule has 5 heteroatoms. The van der Waals surface area contributed by atoms with Crippen LogP contribution < -0.4 is 0 Å². The van der Waals surface area contributed by atoms with Gasteiger partial charge in [-0.1, -0.05) is 6.92 Å². The second-order valence-electron chi connectivity index (χ2n) is 4.41. The summed E-state index contributed by atoms with van der Waals surface area (Å²) in [5.74, 6) is 0.160. The van der Waals surface area contributed by atoms with Crippen molar-refractivity contribution in [2.45, 2.75) is 25.9 Å². The fourth-order valence-corrected chi connectivity index (χ4v) is 2.21. The number of carbonyl (C=O) groups is 1. The summed E-state index contributed by atoms with van der Waals surface area (Å²) >= 11 is 0. The van der Waals surface area contributed by atoms with Crippen LogP contribution in [0, 0.1) is 5.92 Å². The van der Waals surface area contributed by atoms with E-state index in [1.165, 1.54) is 12.4 Å². The van der Waals surface area contributed by atoms with Crippen LogP contribution in [-0.4, -0.2) is 45.3 Å². The Kier molecular flexibility index (Phi) is 3.68. The van der Waals surface area contributed by atoms with Gasteiger partial charge >= 0.3 is 0 Å². The molecular weight excluding hydrogens is 218 g/mol. The molecule has 1 N–H and O–H groups in total. The minimum atomic E-state index is -0.278. The number of nitrogens with zero attached hydrogens (tertiary/aromatic N) is 3. The molecule has 0 saturated carbocycles. The van der Waals surface area contributed by atoms with Crippen molar-refractivity contribution in [3.05, 3.63) is 24.0 Å². The summed E-state index contributed by atoms with van der Waals surface area (Å²) in [6.07, 6.45) is 4.26. The average molecular weight is 235 g/mol. The fraction of sp³-hybridized carbons (Fsp3) is 0.583. The predicted molar refractivity (Wildman–Crippen MR) is 62.3 cm³/mol. The third kappa shape index (κ3) is 2.61. The topological polar surface area (TPSA) is 66.3 Å². The first-order valence-corrected chi connectivity index (χ1v) is 5.96. The van der Waals surface area contributed by atoms with Gasteiger partial charge in [0.1, 0.15) is 0 Å². The van der Waals surface area contributed by atoms with Gasteiger partial charge in [-0.3, -0.25) is 4.79 Å². The van der Waals surface area contributed by atoms with E-state index in [1.807, 2.05) is 6.92 Å². The minimum absolute atomic E-state index is 0.0229. The van der Waals surface area contributed by atoms with Gasteiger partial charge in [0.2, 0.25) is 0 Å². The summed E-state index contributed by atoms with van der Waals surface area (Å²) in [6.45, 7) is 3.27. The Morgan fingerprint density at radius 3 is 3.06 bits per heavy atom. The molecule has 1 aromatic heterocycles. The number of rotatable bonds is 2. The molecule has 2 atom stereocenters. The van der Waals surface area contributed by atoms with Crippen LogP contribution in [0.2, 0.25) is 0 Å². The molecule has 1 aromatic rings. The van der Waals surface area contributed by atoms with Crippen molar-refractivity contribution in [1.29, 1.82) is 0 Å². The van der Waals surface area contributed by atoms with Crippen molar-refractivity contribution in [1.82, 2.24) is 15.1 Å². The second-order valence-corrected chi connectivity index (χ2v) is 4.41. The zero-order valence-electron chi connectivity index (χ0n) is 9.91. The zero-order valence-corrected chi connectivity index (χ0v) is 9.91. The third-order valence-corrected chi connectivity index (χ3v) is 3.34. The van der Waals surface area contributed by atoms with Crippen molar-refractivity contribution in [2.24, 2.45) is 5.92 Å². The SMILES string of the molecule is CCC1CN(C(=O)c2ccnnc2)CCC1O. The van der Waals surface area contributed by atoms with Crippen LogP contribution in [0.1, 0.15) is 30.1 Å². The number of carbonyl (C=O) groups excluding carboxylic acids is 1. The molecule has 0 aromatic carbocycles. The number of amides is 1. The molecule has 92 valence electrons. The number of aromatic nitrogens is 2. The summed E-state index contributed by atoms with van der Waals surface area (Å²) in [6, 6.07) is 1.67. The van der Waals surface area contributed by atoms with Crippen LogP contribution >= 0.6 is 0 Å². The van der Waals surface area contributed by atoms with Crippen molar-refractivity contribution < 1.29 is 9.90 Å². The molecule has 2 rings (SSSR count). The van der Waals surface area contributed by atoms with Crippen LogP contribution in [0.15, 0.2) is 18.5 Å². The van der Waals surface area contributed by atoms with E-state index in [0.29, 0.717) is 25.1 Å². The van der Waals surface area contributed by atoms with Gasteiger partial charge in [0.15, 0.2) is 0 Å².